The Hall–Kier alpha value is -0.960. The maximum absolute atomic E-state index is 11.0. The number of Topliss-reactive ketones (excluding diaryl/α,β-unsaturated/α-hetero) is 1. The number of anilines is 1. The maximum atomic E-state index is 11.0. The zero-order chi connectivity index (χ0) is 12.3. The third kappa shape index (κ3) is 3.25. The van der Waals surface area contributed by atoms with E-state index in [4.69, 9.17) is 0 Å². The van der Waals surface area contributed by atoms with E-state index in [2.05, 4.69) is 30.1 Å². The number of carbonyl (C=O) groups is 1. The molecule has 0 N–H and O–H groups in total. The van der Waals surface area contributed by atoms with E-state index in [1.165, 1.54) is 34.7 Å². The van der Waals surface area contributed by atoms with Crippen molar-refractivity contribution in [3.8, 4) is 0 Å². The van der Waals surface area contributed by atoms with Gasteiger partial charge in [-0.05, 0) is 49.3 Å². The minimum atomic E-state index is 0.255. The molecule has 0 radical (unpaired) electrons. The SMILES string of the molecule is CC(=O)CCN(C)c1ccc2c(c1)CCCS2. The fourth-order valence-electron chi connectivity index (χ4n) is 2.04. The molecule has 0 amide bonds. The van der Waals surface area contributed by atoms with Crippen molar-refractivity contribution in [2.45, 2.75) is 31.1 Å². The first-order valence-corrected chi connectivity index (χ1v) is 7.11. The lowest BCUT2D eigenvalue weighted by molar-refractivity contribution is -0.116. The average molecular weight is 249 g/mol. The van der Waals surface area contributed by atoms with Crippen LogP contribution in [-0.2, 0) is 11.2 Å². The first-order valence-electron chi connectivity index (χ1n) is 6.13. The zero-order valence-corrected chi connectivity index (χ0v) is 11.3. The van der Waals surface area contributed by atoms with Gasteiger partial charge in [-0.3, -0.25) is 4.79 Å². The van der Waals surface area contributed by atoms with Crippen molar-refractivity contribution in [3.63, 3.8) is 0 Å². The first kappa shape index (κ1) is 12.5. The smallest absolute Gasteiger partial charge is 0.131 e. The fourth-order valence-corrected chi connectivity index (χ4v) is 3.06. The van der Waals surface area contributed by atoms with Crippen LogP contribution in [0, 0.1) is 0 Å². The van der Waals surface area contributed by atoms with Gasteiger partial charge in [0.05, 0.1) is 0 Å². The van der Waals surface area contributed by atoms with Crippen LogP contribution in [0.25, 0.3) is 0 Å². The van der Waals surface area contributed by atoms with E-state index in [-0.39, 0.29) is 5.78 Å². The number of hydrogen-bond donors (Lipinski definition) is 0. The molecule has 1 aromatic rings. The highest BCUT2D eigenvalue weighted by atomic mass is 32.2. The third-order valence-corrected chi connectivity index (χ3v) is 4.33. The number of aryl methyl sites for hydroxylation is 1. The van der Waals surface area contributed by atoms with Crippen LogP contribution in [0.4, 0.5) is 5.69 Å². The Kier molecular flexibility index (Phi) is 4.11. The summed E-state index contributed by atoms with van der Waals surface area (Å²) in [6, 6.07) is 6.66. The molecule has 0 aliphatic carbocycles. The molecule has 3 heteroatoms. The summed E-state index contributed by atoms with van der Waals surface area (Å²) < 4.78 is 0. The second-order valence-corrected chi connectivity index (χ2v) is 5.75. The van der Waals surface area contributed by atoms with Gasteiger partial charge in [-0.15, -0.1) is 11.8 Å². The average Bonchev–Trinajstić information content (AvgIpc) is 2.35. The molecular weight excluding hydrogens is 230 g/mol. The topological polar surface area (TPSA) is 20.3 Å². The molecule has 1 aromatic carbocycles. The number of fused-ring (bicyclic) bond motifs is 1. The van der Waals surface area contributed by atoms with Crippen LogP contribution in [0.1, 0.15) is 25.3 Å². The largest absolute Gasteiger partial charge is 0.374 e. The van der Waals surface area contributed by atoms with Gasteiger partial charge in [-0.1, -0.05) is 0 Å². The number of thioether (sulfide) groups is 1. The van der Waals surface area contributed by atoms with Crippen molar-refractivity contribution in [2.24, 2.45) is 0 Å². The van der Waals surface area contributed by atoms with Gasteiger partial charge in [-0.2, -0.15) is 0 Å². The fraction of sp³-hybridized carbons (Fsp3) is 0.500. The number of ketones is 1. The van der Waals surface area contributed by atoms with Crippen molar-refractivity contribution in [1.29, 1.82) is 0 Å². The molecule has 1 aliphatic heterocycles. The van der Waals surface area contributed by atoms with Crippen LogP contribution in [0.3, 0.4) is 0 Å². The highest BCUT2D eigenvalue weighted by molar-refractivity contribution is 7.99. The Bertz CT molecular complexity index is 417. The lowest BCUT2D eigenvalue weighted by Gasteiger charge is -2.22. The van der Waals surface area contributed by atoms with E-state index in [1.807, 2.05) is 11.8 Å². The summed E-state index contributed by atoms with van der Waals surface area (Å²) in [5, 5.41) is 0. The van der Waals surface area contributed by atoms with E-state index >= 15 is 0 Å². The van der Waals surface area contributed by atoms with Crippen molar-refractivity contribution < 1.29 is 4.79 Å². The van der Waals surface area contributed by atoms with Crippen LogP contribution in [-0.4, -0.2) is 25.1 Å². The molecule has 0 spiro atoms. The highest BCUT2D eigenvalue weighted by Crippen LogP contribution is 2.32. The molecule has 0 fully saturated rings. The van der Waals surface area contributed by atoms with E-state index < -0.39 is 0 Å². The second kappa shape index (κ2) is 5.58. The number of rotatable bonds is 4. The van der Waals surface area contributed by atoms with Crippen LogP contribution in [0.15, 0.2) is 23.1 Å². The molecule has 2 rings (SSSR count). The standard InChI is InChI=1S/C14H19NOS/c1-11(16)7-8-15(2)13-5-6-14-12(10-13)4-3-9-17-14/h5-6,10H,3-4,7-9H2,1-2H3. The molecule has 0 atom stereocenters. The van der Waals surface area contributed by atoms with E-state index in [0.29, 0.717) is 6.42 Å². The molecule has 92 valence electrons. The molecule has 17 heavy (non-hydrogen) atoms. The number of benzene rings is 1. The van der Waals surface area contributed by atoms with Gasteiger partial charge in [0.15, 0.2) is 0 Å². The quantitative estimate of drug-likeness (QED) is 0.817. The predicted molar refractivity (Wildman–Crippen MR) is 74.1 cm³/mol. The molecule has 0 saturated heterocycles. The van der Waals surface area contributed by atoms with Crippen molar-refractivity contribution in [1.82, 2.24) is 0 Å². The van der Waals surface area contributed by atoms with E-state index in [1.54, 1.807) is 6.92 Å². The maximum Gasteiger partial charge on any atom is 0.131 e. The van der Waals surface area contributed by atoms with Gasteiger partial charge in [0, 0.05) is 30.6 Å². The summed E-state index contributed by atoms with van der Waals surface area (Å²) in [5.41, 5.74) is 2.70. The Labute approximate surface area is 107 Å². The van der Waals surface area contributed by atoms with E-state index in [0.717, 1.165) is 6.54 Å². The zero-order valence-electron chi connectivity index (χ0n) is 10.5. The summed E-state index contributed by atoms with van der Waals surface area (Å²) in [5.74, 6) is 1.50. The Morgan fingerprint density at radius 3 is 3.06 bits per heavy atom. The second-order valence-electron chi connectivity index (χ2n) is 4.62. The number of hydrogen-bond acceptors (Lipinski definition) is 3. The van der Waals surface area contributed by atoms with Gasteiger partial charge in [0.1, 0.15) is 5.78 Å². The summed E-state index contributed by atoms with van der Waals surface area (Å²) in [6.45, 7) is 2.46. The molecule has 2 nitrogen and oxygen atoms in total. The predicted octanol–water partition coefficient (Wildman–Crippen LogP) is 3.14. The summed E-state index contributed by atoms with van der Waals surface area (Å²) in [6.07, 6.45) is 3.09. The van der Waals surface area contributed by atoms with Crippen molar-refractivity contribution >= 4 is 23.2 Å². The van der Waals surface area contributed by atoms with Crippen LogP contribution in [0.5, 0.6) is 0 Å². The molecule has 1 aliphatic rings. The Morgan fingerprint density at radius 1 is 1.47 bits per heavy atom. The lowest BCUT2D eigenvalue weighted by Crippen LogP contribution is -2.20. The van der Waals surface area contributed by atoms with Gasteiger partial charge in [0.2, 0.25) is 0 Å². The summed E-state index contributed by atoms with van der Waals surface area (Å²) >= 11 is 1.95. The molecule has 0 unspecified atom stereocenters. The Balaban J connectivity index is 2.08. The monoisotopic (exact) mass is 249 g/mol. The molecule has 0 aromatic heterocycles. The first-order chi connectivity index (χ1) is 8.16. The van der Waals surface area contributed by atoms with Gasteiger partial charge in [0.25, 0.3) is 0 Å². The van der Waals surface area contributed by atoms with Crippen LogP contribution in [0.2, 0.25) is 0 Å². The lowest BCUT2D eigenvalue weighted by atomic mass is 10.1. The molecule has 0 bridgehead atoms. The minimum Gasteiger partial charge on any atom is -0.374 e. The summed E-state index contributed by atoms with van der Waals surface area (Å²) in [4.78, 5) is 14.6. The summed E-state index contributed by atoms with van der Waals surface area (Å²) in [7, 11) is 2.06. The van der Waals surface area contributed by atoms with Gasteiger partial charge in [-0.25, -0.2) is 0 Å². The molecular formula is C14H19NOS. The number of carbonyl (C=O) groups excluding carboxylic acids is 1. The van der Waals surface area contributed by atoms with Crippen LogP contribution < -0.4 is 4.90 Å². The van der Waals surface area contributed by atoms with Gasteiger partial charge >= 0.3 is 0 Å². The minimum absolute atomic E-state index is 0.255. The highest BCUT2D eigenvalue weighted by Gasteiger charge is 2.11. The normalized spacial score (nSPS) is 14.2. The molecule has 0 saturated carbocycles. The van der Waals surface area contributed by atoms with E-state index in [9.17, 15) is 4.79 Å². The van der Waals surface area contributed by atoms with Crippen molar-refractivity contribution in [3.05, 3.63) is 23.8 Å². The van der Waals surface area contributed by atoms with Crippen LogP contribution >= 0.6 is 11.8 Å². The van der Waals surface area contributed by atoms with Crippen molar-refractivity contribution in [2.75, 3.05) is 24.2 Å². The number of nitrogens with zero attached hydrogens (tertiary/aromatic N) is 1. The Morgan fingerprint density at radius 2 is 2.29 bits per heavy atom. The van der Waals surface area contributed by atoms with Gasteiger partial charge < -0.3 is 4.90 Å². The molecule has 1 heterocycles. The third-order valence-electron chi connectivity index (χ3n) is 3.13.